The first-order chi connectivity index (χ1) is 12.4. The topological polar surface area (TPSA) is 35.5 Å². The van der Waals surface area contributed by atoms with E-state index in [1.807, 2.05) is 6.20 Å². The summed E-state index contributed by atoms with van der Waals surface area (Å²) in [6, 6.07) is 0. The van der Waals surface area contributed by atoms with E-state index in [1.165, 1.54) is 89.9 Å². The molecule has 1 aliphatic rings. The van der Waals surface area contributed by atoms with Crippen LogP contribution in [0.1, 0.15) is 96.8 Å². The van der Waals surface area contributed by atoms with E-state index in [-0.39, 0.29) is 6.61 Å². The lowest BCUT2D eigenvalue weighted by Gasteiger charge is -2.24. The van der Waals surface area contributed by atoms with Crippen molar-refractivity contribution in [3.8, 4) is 0 Å². The number of nitrogens with one attached hydrogen (secondary N) is 1. The number of β-amino-alcohol motifs (C(OH)–C–C–N with tert-alkyl or cyclic N) is 1. The number of rotatable bonds is 17. The number of nitrogens with zero attached hydrogens (tertiary/aromatic N) is 1. The van der Waals surface area contributed by atoms with Crippen LogP contribution < -0.4 is 5.32 Å². The van der Waals surface area contributed by atoms with Crippen molar-refractivity contribution in [3.05, 3.63) is 24.6 Å². The number of aliphatic hydroxyl groups is 1. The Morgan fingerprint density at radius 3 is 2.12 bits per heavy atom. The van der Waals surface area contributed by atoms with Gasteiger partial charge in [0.25, 0.3) is 0 Å². The maximum atomic E-state index is 9.04. The van der Waals surface area contributed by atoms with E-state index in [2.05, 4.69) is 35.5 Å². The van der Waals surface area contributed by atoms with Gasteiger partial charge in [0.15, 0.2) is 0 Å². The number of hydrogen-bond acceptors (Lipinski definition) is 3. The summed E-state index contributed by atoms with van der Waals surface area (Å²) in [4.78, 5) is 2.21. The summed E-state index contributed by atoms with van der Waals surface area (Å²) in [5, 5.41) is 12.4. The Morgan fingerprint density at radius 2 is 1.48 bits per heavy atom. The molecule has 0 aromatic carbocycles. The van der Waals surface area contributed by atoms with Gasteiger partial charge in [-0.1, -0.05) is 76.9 Å². The van der Waals surface area contributed by atoms with Gasteiger partial charge < -0.3 is 15.3 Å². The van der Waals surface area contributed by atoms with Crippen LogP contribution in [0.15, 0.2) is 24.6 Å². The molecule has 1 unspecified atom stereocenters. The Morgan fingerprint density at radius 1 is 0.880 bits per heavy atom. The van der Waals surface area contributed by atoms with Crippen molar-refractivity contribution in [1.82, 2.24) is 10.2 Å². The zero-order chi connectivity index (χ0) is 18.0. The van der Waals surface area contributed by atoms with Gasteiger partial charge in [0.1, 0.15) is 0 Å². The van der Waals surface area contributed by atoms with Gasteiger partial charge in [-0.15, -0.1) is 0 Å². The lowest BCUT2D eigenvalue weighted by molar-refractivity contribution is 0.194. The van der Waals surface area contributed by atoms with Crippen molar-refractivity contribution < 1.29 is 5.11 Å². The van der Waals surface area contributed by atoms with Gasteiger partial charge in [-0.2, -0.15) is 0 Å². The Kier molecular flexibility index (Phi) is 14.6. The van der Waals surface area contributed by atoms with Gasteiger partial charge in [-0.25, -0.2) is 0 Å². The molecular weight excluding hydrogens is 308 g/mol. The predicted molar refractivity (Wildman–Crippen MR) is 109 cm³/mol. The number of hydrogen-bond donors (Lipinski definition) is 2. The molecule has 1 atom stereocenters. The van der Waals surface area contributed by atoms with Crippen molar-refractivity contribution in [2.45, 2.75) is 103 Å². The molecule has 0 aromatic rings. The highest BCUT2D eigenvalue weighted by Gasteiger charge is 2.16. The molecule has 0 aromatic heterocycles. The van der Waals surface area contributed by atoms with E-state index in [4.69, 9.17) is 5.11 Å². The molecule has 2 N–H and O–H groups in total. The van der Waals surface area contributed by atoms with Crippen LogP contribution in [0.25, 0.3) is 0 Å². The molecule has 1 aliphatic heterocycles. The third-order valence-electron chi connectivity index (χ3n) is 5.05. The van der Waals surface area contributed by atoms with E-state index in [1.54, 1.807) is 0 Å². The number of unbranched alkanes of at least 4 members (excludes halogenated alkanes) is 11. The van der Waals surface area contributed by atoms with Crippen LogP contribution in [0.2, 0.25) is 0 Å². The molecule has 0 radical (unpaired) electrons. The maximum Gasteiger partial charge on any atom is 0.0982 e. The van der Waals surface area contributed by atoms with Crippen LogP contribution in [0.4, 0.5) is 0 Å². The second-order valence-electron chi connectivity index (χ2n) is 7.33. The summed E-state index contributed by atoms with van der Waals surface area (Å²) in [7, 11) is 0. The highest BCUT2D eigenvalue weighted by Crippen LogP contribution is 2.15. The minimum Gasteiger partial charge on any atom is -0.395 e. The largest absolute Gasteiger partial charge is 0.395 e. The average molecular weight is 351 g/mol. The molecule has 1 heterocycles. The molecular formula is C22H42N2O. The molecule has 1 rings (SSSR count). The van der Waals surface area contributed by atoms with Gasteiger partial charge in [0.05, 0.1) is 12.8 Å². The Hall–Kier alpha value is -0.960. The van der Waals surface area contributed by atoms with Gasteiger partial charge in [-0.05, 0) is 32.1 Å². The van der Waals surface area contributed by atoms with E-state index < -0.39 is 0 Å². The maximum absolute atomic E-state index is 9.04. The normalized spacial score (nSPS) is 16.9. The minimum atomic E-state index is 0.234. The average Bonchev–Trinajstić information content (AvgIpc) is 3.06. The molecule has 146 valence electrons. The summed E-state index contributed by atoms with van der Waals surface area (Å²) in [6.07, 6.45) is 28.0. The fourth-order valence-corrected chi connectivity index (χ4v) is 3.44. The van der Waals surface area contributed by atoms with Crippen molar-refractivity contribution >= 4 is 0 Å². The van der Waals surface area contributed by atoms with Crippen LogP contribution in [-0.4, -0.2) is 29.3 Å². The molecule has 0 amide bonds. The van der Waals surface area contributed by atoms with Crippen molar-refractivity contribution in [2.75, 3.05) is 13.2 Å². The molecule has 0 aliphatic carbocycles. The van der Waals surface area contributed by atoms with Crippen molar-refractivity contribution in [3.63, 3.8) is 0 Å². The van der Waals surface area contributed by atoms with Gasteiger partial charge in [-0.3, -0.25) is 0 Å². The summed E-state index contributed by atoms with van der Waals surface area (Å²) >= 11 is 0. The summed E-state index contributed by atoms with van der Waals surface area (Å²) in [5.41, 5.74) is 0. The third kappa shape index (κ3) is 12.1. The van der Waals surface area contributed by atoms with Crippen LogP contribution in [0.3, 0.4) is 0 Å². The second-order valence-corrected chi connectivity index (χ2v) is 7.33. The van der Waals surface area contributed by atoms with Gasteiger partial charge in [0.2, 0.25) is 0 Å². The summed E-state index contributed by atoms with van der Waals surface area (Å²) in [6.45, 7) is 3.23. The lowest BCUT2D eigenvalue weighted by atomic mass is 10.0. The highest BCUT2D eigenvalue weighted by molar-refractivity contribution is 4.93. The molecule has 0 bridgehead atoms. The van der Waals surface area contributed by atoms with Crippen molar-refractivity contribution in [2.24, 2.45) is 0 Å². The van der Waals surface area contributed by atoms with E-state index in [9.17, 15) is 0 Å². The first kappa shape index (κ1) is 22.1. The second kappa shape index (κ2) is 16.5. The molecule has 0 spiro atoms. The molecule has 0 saturated heterocycles. The Bertz CT molecular complexity index is 341. The van der Waals surface area contributed by atoms with E-state index in [0.717, 1.165) is 6.54 Å². The van der Waals surface area contributed by atoms with E-state index in [0.29, 0.717) is 6.17 Å². The van der Waals surface area contributed by atoms with E-state index >= 15 is 0 Å². The lowest BCUT2D eigenvalue weighted by Crippen LogP contribution is -2.36. The van der Waals surface area contributed by atoms with Crippen molar-refractivity contribution in [1.29, 1.82) is 0 Å². The van der Waals surface area contributed by atoms with Crippen LogP contribution in [-0.2, 0) is 0 Å². The zero-order valence-electron chi connectivity index (χ0n) is 16.6. The highest BCUT2D eigenvalue weighted by atomic mass is 16.3. The SMILES string of the molecule is CCCC/C=C/CCCCCCCCCCCC1NC=CN1CCO. The van der Waals surface area contributed by atoms with Crippen LogP contribution in [0, 0.1) is 0 Å². The smallest absolute Gasteiger partial charge is 0.0982 e. The molecule has 25 heavy (non-hydrogen) atoms. The minimum absolute atomic E-state index is 0.234. The molecule has 3 heteroatoms. The fraction of sp³-hybridized carbons (Fsp3) is 0.818. The first-order valence-corrected chi connectivity index (χ1v) is 10.8. The standard InChI is InChI=1S/C22H42N2O/c1-2-3-4-5-6-7-8-9-10-11-12-13-14-15-16-17-22-23-18-19-24(22)20-21-25/h5-6,18-19,22-23,25H,2-4,7-17,20-21H2,1H3/b6-5+. The van der Waals surface area contributed by atoms with Crippen LogP contribution >= 0.6 is 0 Å². The predicted octanol–water partition coefficient (Wildman–Crippen LogP) is 5.72. The summed E-state index contributed by atoms with van der Waals surface area (Å²) < 4.78 is 0. The fourth-order valence-electron chi connectivity index (χ4n) is 3.44. The Balaban J connectivity index is 1.78. The Labute approximate surface area is 156 Å². The third-order valence-corrected chi connectivity index (χ3v) is 5.05. The van der Waals surface area contributed by atoms with Gasteiger partial charge >= 0.3 is 0 Å². The number of allylic oxidation sites excluding steroid dienone is 2. The molecule has 0 fully saturated rings. The van der Waals surface area contributed by atoms with Crippen LogP contribution in [0.5, 0.6) is 0 Å². The zero-order valence-corrected chi connectivity index (χ0v) is 16.6. The number of aliphatic hydroxyl groups excluding tert-OH is 1. The molecule has 3 nitrogen and oxygen atoms in total. The first-order valence-electron chi connectivity index (χ1n) is 10.8. The summed E-state index contributed by atoms with van der Waals surface area (Å²) in [5.74, 6) is 0. The molecule has 0 saturated carbocycles. The monoisotopic (exact) mass is 350 g/mol. The van der Waals surface area contributed by atoms with Gasteiger partial charge in [0, 0.05) is 18.9 Å². The quantitative estimate of drug-likeness (QED) is 0.260.